The minimum absolute atomic E-state index is 0.0632. The number of hydrogen-bond acceptors (Lipinski definition) is 5. The molecule has 0 spiro atoms. The number of para-hydroxylation sites is 1. The van der Waals surface area contributed by atoms with Gasteiger partial charge in [-0.2, -0.15) is 0 Å². The number of benzene rings is 1. The van der Waals surface area contributed by atoms with Crippen molar-refractivity contribution in [3.8, 4) is 0 Å². The fraction of sp³-hybridized carbons (Fsp3) is 0.500. The standard InChI is InChI=1S/C22H28N6O2/c23-21-19-20(16-8-2-3-9-17(16)25-21)28-15(13-30-14-18(28)26-19)7-6-10-24-22(29)27-11-4-1-5-12-27/h2-3,8-9,15H,1,4-7,10-14H2,(H2,23,25)(H,24,29)/t15-/m0/s1. The van der Waals surface area contributed by atoms with Crippen molar-refractivity contribution in [3.05, 3.63) is 30.1 Å². The summed E-state index contributed by atoms with van der Waals surface area (Å²) >= 11 is 0. The fourth-order valence-electron chi connectivity index (χ4n) is 4.68. The smallest absolute Gasteiger partial charge is 0.317 e. The van der Waals surface area contributed by atoms with Gasteiger partial charge < -0.3 is 25.3 Å². The van der Waals surface area contributed by atoms with Gasteiger partial charge in [0.05, 0.1) is 23.7 Å². The number of nitrogens with zero attached hydrogens (tertiary/aromatic N) is 4. The zero-order chi connectivity index (χ0) is 20.5. The van der Waals surface area contributed by atoms with Crippen LogP contribution in [0.2, 0.25) is 0 Å². The number of urea groups is 1. The molecule has 0 aliphatic carbocycles. The van der Waals surface area contributed by atoms with Crippen LogP contribution in [0.1, 0.15) is 44.0 Å². The number of nitrogens with one attached hydrogen (secondary N) is 1. The quantitative estimate of drug-likeness (QED) is 0.646. The van der Waals surface area contributed by atoms with E-state index < -0.39 is 0 Å². The Hall–Kier alpha value is -2.87. The third kappa shape index (κ3) is 3.45. The van der Waals surface area contributed by atoms with Gasteiger partial charge in [0.25, 0.3) is 0 Å². The molecule has 0 bridgehead atoms. The molecule has 2 aromatic heterocycles. The molecule has 1 fully saturated rings. The van der Waals surface area contributed by atoms with Crippen LogP contribution in [-0.2, 0) is 11.3 Å². The third-order valence-corrected chi connectivity index (χ3v) is 6.17. The van der Waals surface area contributed by atoms with Crippen LogP contribution in [-0.4, -0.2) is 51.7 Å². The Kier molecular flexibility index (Phi) is 5.16. The molecule has 1 saturated heterocycles. The van der Waals surface area contributed by atoms with Gasteiger partial charge in [-0.15, -0.1) is 0 Å². The predicted molar refractivity (Wildman–Crippen MR) is 116 cm³/mol. The Labute approximate surface area is 175 Å². The first-order chi connectivity index (χ1) is 14.7. The van der Waals surface area contributed by atoms with Crippen LogP contribution in [0.25, 0.3) is 21.9 Å². The van der Waals surface area contributed by atoms with E-state index in [4.69, 9.17) is 15.5 Å². The number of imidazole rings is 1. The molecule has 5 rings (SSSR count). The Morgan fingerprint density at radius 1 is 1.20 bits per heavy atom. The van der Waals surface area contributed by atoms with E-state index in [0.717, 1.165) is 66.5 Å². The number of anilines is 1. The van der Waals surface area contributed by atoms with E-state index in [0.29, 0.717) is 25.6 Å². The number of nitrogens with two attached hydrogens (primary N) is 1. The highest BCUT2D eigenvalue weighted by molar-refractivity contribution is 6.06. The predicted octanol–water partition coefficient (Wildman–Crippen LogP) is 3.21. The zero-order valence-corrected chi connectivity index (χ0v) is 17.1. The molecular weight excluding hydrogens is 380 g/mol. The first-order valence-electron chi connectivity index (χ1n) is 10.9. The molecule has 8 heteroatoms. The fourth-order valence-corrected chi connectivity index (χ4v) is 4.68. The Balaban J connectivity index is 1.33. The highest BCUT2D eigenvalue weighted by Gasteiger charge is 2.26. The normalized spacial score (nSPS) is 19.2. The van der Waals surface area contributed by atoms with E-state index in [1.807, 2.05) is 23.1 Å². The van der Waals surface area contributed by atoms with Crippen molar-refractivity contribution in [2.75, 3.05) is 32.0 Å². The topological polar surface area (TPSA) is 98.3 Å². The number of likely N-dealkylation sites (tertiary alicyclic amines) is 1. The van der Waals surface area contributed by atoms with E-state index in [1.165, 1.54) is 6.42 Å². The molecule has 0 unspecified atom stereocenters. The number of nitrogen functional groups attached to an aromatic ring is 1. The van der Waals surface area contributed by atoms with Crippen LogP contribution in [0, 0.1) is 0 Å². The second-order valence-corrected chi connectivity index (χ2v) is 8.20. The van der Waals surface area contributed by atoms with Crippen molar-refractivity contribution in [2.45, 2.75) is 44.8 Å². The summed E-state index contributed by atoms with van der Waals surface area (Å²) in [5, 5.41) is 4.14. The van der Waals surface area contributed by atoms with E-state index in [1.54, 1.807) is 0 Å². The second kappa shape index (κ2) is 8.10. The number of hydrogen-bond donors (Lipinski definition) is 2. The molecule has 1 atom stereocenters. The van der Waals surface area contributed by atoms with Crippen LogP contribution in [0.5, 0.6) is 0 Å². The van der Waals surface area contributed by atoms with Crippen LogP contribution in [0.3, 0.4) is 0 Å². The van der Waals surface area contributed by atoms with Crippen molar-refractivity contribution in [1.82, 2.24) is 24.8 Å². The molecular formula is C22H28N6O2. The lowest BCUT2D eigenvalue weighted by Gasteiger charge is -2.28. The molecule has 3 N–H and O–H groups in total. The maximum Gasteiger partial charge on any atom is 0.317 e. The first kappa shape index (κ1) is 19.1. The molecule has 0 saturated carbocycles. The number of pyridine rings is 1. The minimum Gasteiger partial charge on any atom is -0.382 e. The minimum atomic E-state index is 0.0632. The Morgan fingerprint density at radius 3 is 2.90 bits per heavy atom. The summed E-state index contributed by atoms with van der Waals surface area (Å²) < 4.78 is 8.11. The maximum atomic E-state index is 12.3. The van der Waals surface area contributed by atoms with Crippen LogP contribution in [0.15, 0.2) is 24.3 Å². The average Bonchev–Trinajstić information content (AvgIpc) is 3.19. The van der Waals surface area contributed by atoms with Crippen molar-refractivity contribution in [3.63, 3.8) is 0 Å². The molecule has 0 radical (unpaired) electrons. The lowest BCUT2D eigenvalue weighted by Crippen LogP contribution is -2.43. The Morgan fingerprint density at radius 2 is 2.03 bits per heavy atom. The van der Waals surface area contributed by atoms with Crippen molar-refractivity contribution in [1.29, 1.82) is 0 Å². The largest absolute Gasteiger partial charge is 0.382 e. The van der Waals surface area contributed by atoms with Gasteiger partial charge in [0, 0.05) is 25.0 Å². The Bertz CT molecular complexity index is 1070. The van der Waals surface area contributed by atoms with Crippen molar-refractivity contribution < 1.29 is 9.53 Å². The average molecular weight is 409 g/mol. The number of carbonyl (C=O) groups is 1. The highest BCUT2D eigenvalue weighted by Crippen LogP contribution is 2.34. The molecule has 2 aliphatic heterocycles. The lowest BCUT2D eigenvalue weighted by molar-refractivity contribution is 0.0533. The van der Waals surface area contributed by atoms with Crippen LogP contribution < -0.4 is 11.1 Å². The summed E-state index contributed by atoms with van der Waals surface area (Å²) in [6.45, 7) is 3.52. The maximum absolute atomic E-state index is 12.3. The summed E-state index contributed by atoms with van der Waals surface area (Å²) in [4.78, 5) is 23.5. The molecule has 30 heavy (non-hydrogen) atoms. The second-order valence-electron chi connectivity index (χ2n) is 8.20. The zero-order valence-electron chi connectivity index (χ0n) is 17.1. The SMILES string of the molecule is Nc1nc2ccccc2c2c1nc1n2[C@@H](CCCNC(=O)N2CCCCC2)COC1. The summed E-state index contributed by atoms with van der Waals surface area (Å²) in [7, 11) is 0. The van der Waals surface area contributed by atoms with Crippen LogP contribution >= 0.6 is 0 Å². The van der Waals surface area contributed by atoms with Gasteiger partial charge in [0.2, 0.25) is 0 Å². The molecule has 4 heterocycles. The van der Waals surface area contributed by atoms with Crippen molar-refractivity contribution in [2.24, 2.45) is 0 Å². The molecule has 1 aromatic carbocycles. The van der Waals surface area contributed by atoms with E-state index in [2.05, 4.69) is 20.9 Å². The van der Waals surface area contributed by atoms with Gasteiger partial charge in [-0.1, -0.05) is 18.2 Å². The number of rotatable bonds is 4. The molecule has 3 aromatic rings. The van der Waals surface area contributed by atoms with Gasteiger partial charge in [-0.3, -0.25) is 0 Å². The van der Waals surface area contributed by atoms with Crippen molar-refractivity contribution >= 4 is 33.8 Å². The first-order valence-corrected chi connectivity index (χ1v) is 10.9. The number of fused-ring (bicyclic) bond motifs is 5. The molecule has 2 amide bonds. The number of carbonyl (C=O) groups excluding carboxylic acids is 1. The number of ether oxygens (including phenoxy) is 1. The van der Waals surface area contributed by atoms with Gasteiger partial charge in [-0.05, 0) is 38.2 Å². The number of piperidine rings is 1. The van der Waals surface area contributed by atoms with E-state index in [-0.39, 0.29) is 12.1 Å². The third-order valence-electron chi connectivity index (χ3n) is 6.17. The molecule has 158 valence electrons. The summed E-state index contributed by atoms with van der Waals surface area (Å²) in [5.41, 5.74) is 8.89. The molecule has 2 aliphatic rings. The van der Waals surface area contributed by atoms with E-state index in [9.17, 15) is 4.79 Å². The summed E-state index contributed by atoms with van der Waals surface area (Å²) in [5.74, 6) is 1.35. The van der Waals surface area contributed by atoms with Gasteiger partial charge >= 0.3 is 6.03 Å². The van der Waals surface area contributed by atoms with Gasteiger partial charge in [0.15, 0.2) is 5.82 Å². The lowest BCUT2D eigenvalue weighted by atomic mass is 10.1. The summed E-state index contributed by atoms with van der Waals surface area (Å²) in [6.07, 6.45) is 5.21. The number of amides is 2. The number of aromatic nitrogens is 3. The monoisotopic (exact) mass is 408 g/mol. The van der Waals surface area contributed by atoms with Crippen LogP contribution in [0.4, 0.5) is 10.6 Å². The van der Waals surface area contributed by atoms with E-state index >= 15 is 0 Å². The van der Waals surface area contributed by atoms with Gasteiger partial charge in [0.1, 0.15) is 17.9 Å². The molecule has 8 nitrogen and oxygen atoms in total. The highest BCUT2D eigenvalue weighted by atomic mass is 16.5. The van der Waals surface area contributed by atoms with Gasteiger partial charge in [-0.25, -0.2) is 14.8 Å². The summed E-state index contributed by atoms with van der Waals surface area (Å²) in [6, 6.07) is 8.27.